The maximum Gasteiger partial charge on any atom is 0.419 e. The molecule has 2 fully saturated rings. The van der Waals surface area contributed by atoms with Gasteiger partial charge >= 0.3 is 12.3 Å². The number of hydrogen-bond acceptors (Lipinski definition) is 3. The number of carbonyl (C=O) groups is 1. The number of carbonyl (C=O) groups excluding carboxylic acids is 1. The largest absolute Gasteiger partial charge is 0.444 e. The summed E-state index contributed by atoms with van der Waals surface area (Å²) in [5, 5.41) is 11.2. The molecule has 0 radical (unpaired) electrons. The number of halogens is 4. The van der Waals surface area contributed by atoms with Crippen LogP contribution in [0.4, 0.5) is 22.4 Å². The first-order valence-corrected chi connectivity index (χ1v) is 9.41. The second-order valence-electron chi connectivity index (χ2n) is 8.76. The Balaban J connectivity index is 1.86. The minimum atomic E-state index is -4.79. The van der Waals surface area contributed by atoms with Gasteiger partial charge in [-0.25, -0.2) is 9.18 Å². The molecule has 1 amide bonds. The van der Waals surface area contributed by atoms with Crippen LogP contribution in [-0.4, -0.2) is 33.8 Å². The number of rotatable bonds is 1. The van der Waals surface area contributed by atoms with Crippen LogP contribution in [0.3, 0.4) is 0 Å². The standard InChI is InChI=1S/C20H25F4NO3/c1-18(2,3)28-17(26)25-13-5-4-6-14(25)11-19(27,10-13)12-7-8-15(16(21)9-12)20(22,23)24/h7-9,13-14,27H,4-6,10-11H2,1-3H3. The Morgan fingerprint density at radius 2 is 1.75 bits per heavy atom. The highest BCUT2D eigenvalue weighted by molar-refractivity contribution is 5.69. The Labute approximate surface area is 161 Å². The van der Waals surface area contributed by atoms with Crippen molar-refractivity contribution in [3.63, 3.8) is 0 Å². The summed E-state index contributed by atoms with van der Waals surface area (Å²) in [4.78, 5) is 14.3. The van der Waals surface area contributed by atoms with E-state index in [9.17, 15) is 27.5 Å². The maximum atomic E-state index is 14.0. The molecular formula is C20H25F4NO3. The molecule has 2 saturated heterocycles. The van der Waals surface area contributed by atoms with Gasteiger partial charge in [0.25, 0.3) is 0 Å². The van der Waals surface area contributed by atoms with Crippen molar-refractivity contribution >= 4 is 6.09 Å². The molecule has 28 heavy (non-hydrogen) atoms. The Morgan fingerprint density at radius 1 is 1.18 bits per heavy atom. The first-order chi connectivity index (χ1) is 12.8. The normalized spacial score (nSPS) is 28.2. The lowest BCUT2D eigenvalue weighted by Crippen LogP contribution is -2.59. The fourth-order valence-electron chi connectivity index (χ4n) is 4.31. The summed E-state index contributed by atoms with van der Waals surface area (Å²) in [6.45, 7) is 5.31. The van der Waals surface area contributed by atoms with Crippen LogP contribution in [0.25, 0.3) is 0 Å². The summed E-state index contributed by atoms with van der Waals surface area (Å²) in [7, 11) is 0. The van der Waals surface area contributed by atoms with Crippen LogP contribution in [-0.2, 0) is 16.5 Å². The van der Waals surface area contributed by atoms with Crippen LogP contribution in [0, 0.1) is 5.82 Å². The van der Waals surface area contributed by atoms with Gasteiger partial charge in [-0.2, -0.15) is 13.2 Å². The summed E-state index contributed by atoms with van der Waals surface area (Å²) in [5.41, 5.74) is -3.39. The number of piperidine rings is 2. The summed E-state index contributed by atoms with van der Waals surface area (Å²) >= 11 is 0. The van der Waals surface area contributed by atoms with E-state index >= 15 is 0 Å². The zero-order valence-electron chi connectivity index (χ0n) is 16.1. The Morgan fingerprint density at radius 3 is 2.21 bits per heavy atom. The van der Waals surface area contributed by atoms with E-state index in [0.717, 1.165) is 18.6 Å². The third-order valence-corrected chi connectivity index (χ3v) is 5.42. The molecule has 0 saturated carbocycles. The molecule has 1 N–H and O–H groups in total. The molecule has 0 aliphatic carbocycles. The number of alkyl halides is 3. The van der Waals surface area contributed by atoms with Crippen molar-refractivity contribution in [2.24, 2.45) is 0 Å². The van der Waals surface area contributed by atoms with Gasteiger partial charge in [-0.1, -0.05) is 6.07 Å². The number of aliphatic hydroxyl groups is 1. The number of ether oxygens (including phenoxy) is 1. The number of hydrogen-bond donors (Lipinski definition) is 1. The van der Waals surface area contributed by atoms with Crippen molar-refractivity contribution in [3.05, 3.63) is 35.1 Å². The highest BCUT2D eigenvalue weighted by Crippen LogP contribution is 2.45. The summed E-state index contributed by atoms with van der Waals surface area (Å²) in [6.07, 6.45) is -2.79. The molecule has 2 aliphatic heterocycles. The monoisotopic (exact) mass is 403 g/mol. The van der Waals surface area contributed by atoms with Crippen molar-refractivity contribution < 1.29 is 32.2 Å². The highest BCUT2D eigenvalue weighted by Gasteiger charge is 2.49. The SMILES string of the molecule is CC(C)(C)OC(=O)N1C2CCCC1CC(O)(c1ccc(C(F)(F)F)c(F)c1)C2. The van der Waals surface area contributed by atoms with Crippen LogP contribution in [0.2, 0.25) is 0 Å². The second kappa shape index (κ2) is 6.90. The van der Waals surface area contributed by atoms with Gasteiger partial charge in [-0.15, -0.1) is 0 Å². The quantitative estimate of drug-likeness (QED) is 0.673. The molecule has 156 valence electrons. The molecule has 8 heteroatoms. The fourth-order valence-corrected chi connectivity index (χ4v) is 4.31. The van der Waals surface area contributed by atoms with E-state index in [0.29, 0.717) is 18.9 Å². The summed E-state index contributed by atoms with van der Waals surface area (Å²) in [6, 6.07) is 1.95. The number of amides is 1. The predicted molar refractivity (Wildman–Crippen MR) is 94.0 cm³/mol. The van der Waals surface area contributed by atoms with Crippen molar-refractivity contribution in [1.29, 1.82) is 0 Å². The van der Waals surface area contributed by atoms with E-state index in [2.05, 4.69) is 0 Å². The van der Waals surface area contributed by atoms with Crippen LogP contribution < -0.4 is 0 Å². The lowest BCUT2D eigenvalue weighted by molar-refractivity contribution is -0.140. The minimum absolute atomic E-state index is 0.110. The predicted octanol–water partition coefficient (Wildman–Crippen LogP) is 4.98. The number of nitrogens with zero attached hydrogens (tertiary/aromatic N) is 1. The van der Waals surface area contributed by atoms with Gasteiger partial charge in [-0.3, -0.25) is 0 Å². The van der Waals surface area contributed by atoms with Gasteiger partial charge in [-0.05, 0) is 57.7 Å². The minimum Gasteiger partial charge on any atom is -0.444 e. The summed E-state index contributed by atoms with van der Waals surface area (Å²) in [5.74, 6) is -1.40. The summed E-state index contributed by atoms with van der Waals surface area (Å²) < 4.78 is 58.0. The van der Waals surface area contributed by atoms with Gasteiger partial charge in [0.2, 0.25) is 0 Å². The van der Waals surface area contributed by atoms with Crippen molar-refractivity contribution in [2.75, 3.05) is 0 Å². The van der Waals surface area contributed by atoms with Crippen LogP contribution >= 0.6 is 0 Å². The second-order valence-corrected chi connectivity index (χ2v) is 8.76. The number of fused-ring (bicyclic) bond motifs is 2. The van der Waals surface area contributed by atoms with Gasteiger partial charge in [0.05, 0.1) is 11.2 Å². The van der Waals surface area contributed by atoms with Crippen molar-refractivity contribution in [3.8, 4) is 0 Å². The Hall–Kier alpha value is -1.83. The average molecular weight is 403 g/mol. The van der Waals surface area contributed by atoms with E-state index < -0.39 is 34.9 Å². The molecule has 0 spiro atoms. The number of benzene rings is 1. The van der Waals surface area contributed by atoms with Crippen molar-refractivity contribution in [2.45, 2.75) is 82.3 Å². The van der Waals surface area contributed by atoms with Crippen LogP contribution in [0.15, 0.2) is 18.2 Å². The van der Waals surface area contributed by atoms with Crippen molar-refractivity contribution in [1.82, 2.24) is 4.90 Å². The maximum absolute atomic E-state index is 14.0. The molecule has 2 atom stereocenters. The molecule has 2 unspecified atom stereocenters. The lowest BCUT2D eigenvalue weighted by Gasteiger charge is -2.51. The molecular weight excluding hydrogens is 378 g/mol. The van der Waals surface area contributed by atoms with Gasteiger partial charge in [0.1, 0.15) is 11.4 Å². The van der Waals surface area contributed by atoms with Crippen LogP contribution in [0.1, 0.15) is 64.0 Å². The molecule has 2 heterocycles. The molecule has 4 nitrogen and oxygen atoms in total. The third-order valence-electron chi connectivity index (χ3n) is 5.42. The molecule has 1 aromatic rings. The molecule has 1 aromatic carbocycles. The van der Waals surface area contributed by atoms with E-state index in [1.807, 2.05) is 0 Å². The Bertz CT molecular complexity index is 743. The van der Waals surface area contributed by atoms with Gasteiger partial charge < -0.3 is 14.7 Å². The topological polar surface area (TPSA) is 49.8 Å². The molecule has 2 bridgehead atoms. The third kappa shape index (κ3) is 4.11. The first-order valence-electron chi connectivity index (χ1n) is 9.41. The fraction of sp³-hybridized carbons (Fsp3) is 0.650. The molecule has 0 aromatic heterocycles. The zero-order chi connectivity index (χ0) is 20.9. The van der Waals surface area contributed by atoms with E-state index in [1.165, 1.54) is 0 Å². The first kappa shape index (κ1) is 20.9. The van der Waals surface area contributed by atoms with Gasteiger partial charge in [0.15, 0.2) is 0 Å². The smallest absolute Gasteiger partial charge is 0.419 e. The zero-order valence-corrected chi connectivity index (χ0v) is 16.1. The van der Waals surface area contributed by atoms with E-state index in [1.54, 1.807) is 25.7 Å². The lowest BCUT2D eigenvalue weighted by atomic mass is 9.72. The molecule has 2 aliphatic rings. The van der Waals surface area contributed by atoms with E-state index in [4.69, 9.17) is 4.74 Å². The molecule has 3 rings (SSSR count). The highest BCUT2D eigenvalue weighted by atomic mass is 19.4. The Kier molecular flexibility index (Phi) is 5.15. The van der Waals surface area contributed by atoms with E-state index in [-0.39, 0.29) is 30.5 Å². The van der Waals surface area contributed by atoms with Crippen LogP contribution in [0.5, 0.6) is 0 Å². The average Bonchev–Trinajstić information content (AvgIpc) is 2.50. The van der Waals surface area contributed by atoms with Gasteiger partial charge in [0, 0.05) is 24.9 Å².